The lowest BCUT2D eigenvalue weighted by atomic mass is 9.89. The van der Waals surface area contributed by atoms with Gasteiger partial charge in [0.2, 0.25) is 0 Å². The van der Waals surface area contributed by atoms with E-state index in [1.54, 1.807) is 0 Å². The van der Waals surface area contributed by atoms with Gasteiger partial charge in [0, 0.05) is 0 Å². The van der Waals surface area contributed by atoms with Gasteiger partial charge >= 0.3 is 0 Å². The summed E-state index contributed by atoms with van der Waals surface area (Å²) in [6.45, 7) is 6.47. The van der Waals surface area contributed by atoms with Crippen LogP contribution in [0.4, 0.5) is 0 Å². The van der Waals surface area contributed by atoms with Crippen LogP contribution < -0.4 is 10.1 Å². The molecule has 0 saturated carbocycles. The smallest absolute Gasteiger partial charge is 0.258 e. The molecule has 1 N–H and O–H groups in total. The van der Waals surface area contributed by atoms with Crippen LogP contribution in [0, 0.1) is 0 Å². The first kappa shape index (κ1) is 19.5. The predicted molar refractivity (Wildman–Crippen MR) is 110 cm³/mol. The first-order valence-corrected chi connectivity index (χ1v) is 10.2. The first-order valence-electron chi connectivity index (χ1n) is 10.2. The lowest BCUT2D eigenvalue weighted by Gasteiger charge is -2.22. The number of rotatable bonds is 7. The maximum Gasteiger partial charge on any atom is 0.258 e. The normalized spacial score (nSPS) is 14.5. The van der Waals surface area contributed by atoms with Crippen LogP contribution in [-0.2, 0) is 17.6 Å². The second-order valence-corrected chi connectivity index (χ2v) is 7.78. The first-order chi connectivity index (χ1) is 13.1. The van der Waals surface area contributed by atoms with Gasteiger partial charge in [-0.2, -0.15) is 0 Å². The molecule has 0 heterocycles. The van der Waals surface area contributed by atoms with E-state index in [9.17, 15) is 4.79 Å². The summed E-state index contributed by atoms with van der Waals surface area (Å²) >= 11 is 0. The average molecular weight is 366 g/mol. The third-order valence-corrected chi connectivity index (χ3v) is 5.44. The number of fused-ring (bicyclic) bond motifs is 1. The van der Waals surface area contributed by atoms with E-state index in [0.29, 0.717) is 5.92 Å². The summed E-state index contributed by atoms with van der Waals surface area (Å²) in [4.78, 5) is 12.4. The summed E-state index contributed by atoms with van der Waals surface area (Å²) < 4.78 is 5.66. The topological polar surface area (TPSA) is 38.3 Å². The molecule has 0 aromatic heterocycles. The molecule has 3 rings (SSSR count). The maximum atomic E-state index is 12.4. The monoisotopic (exact) mass is 365 g/mol. The molecule has 0 fully saturated rings. The van der Waals surface area contributed by atoms with E-state index >= 15 is 0 Å². The van der Waals surface area contributed by atoms with E-state index < -0.39 is 0 Å². The number of hydrogen-bond acceptors (Lipinski definition) is 2. The molecule has 1 atom stereocenters. The van der Waals surface area contributed by atoms with Crippen LogP contribution >= 0.6 is 0 Å². The largest absolute Gasteiger partial charge is 0.484 e. The third-order valence-electron chi connectivity index (χ3n) is 5.44. The summed E-state index contributed by atoms with van der Waals surface area (Å²) in [7, 11) is 0. The van der Waals surface area contributed by atoms with E-state index in [1.807, 2.05) is 12.1 Å². The summed E-state index contributed by atoms with van der Waals surface area (Å²) in [5.74, 6) is 1.15. The fourth-order valence-electron chi connectivity index (χ4n) is 3.73. The zero-order chi connectivity index (χ0) is 19.2. The van der Waals surface area contributed by atoms with Gasteiger partial charge in [0.05, 0.1) is 6.04 Å². The van der Waals surface area contributed by atoms with Gasteiger partial charge in [-0.05, 0) is 72.4 Å². The Bertz CT molecular complexity index is 764. The van der Waals surface area contributed by atoms with Crippen LogP contribution in [-0.4, -0.2) is 12.5 Å². The van der Waals surface area contributed by atoms with Crippen molar-refractivity contribution < 1.29 is 9.53 Å². The summed E-state index contributed by atoms with van der Waals surface area (Å²) in [6, 6.07) is 14.7. The fraction of sp³-hybridized carbons (Fsp3) is 0.458. The van der Waals surface area contributed by atoms with Crippen molar-refractivity contribution in [1.29, 1.82) is 0 Å². The van der Waals surface area contributed by atoms with Gasteiger partial charge in [0.1, 0.15) is 5.75 Å². The molecule has 3 heteroatoms. The molecule has 144 valence electrons. The Morgan fingerprint density at radius 1 is 1.00 bits per heavy atom. The average Bonchev–Trinajstić information content (AvgIpc) is 2.70. The molecule has 1 amide bonds. The fourth-order valence-corrected chi connectivity index (χ4v) is 3.73. The minimum absolute atomic E-state index is 0.0386. The molecule has 0 aliphatic heterocycles. The van der Waals surface area contributed by atoms with Gasteiger partial charge in [-0.1, -0.05) is 51.1 Å². The molecule has 0 radical (unpaired) electrons. The molecule has 2 aromatic rings. The Hall–Kier alpha value is -2.29. The molecular weight excluding hydrogens is 334 g/mol. The van der Waals surface area contributed by atoms with Crippen molar-refractivity contribution in [3.05, 3.63) is 64.7 Å². The van der Waals surface area contributed by atoms with Crippen LogP contribution in [0.1, 0.15) is 74.2 Å². The number of carbonyl (C=O) groups excluding carboxylic acids is 1. The Labute approximate surface area is 163 Å². The molecule has 0 saturated heterocycles. The molecule has 3 nitrogen and oxygen atoms in total. The number of benzene rings is 2. The SMILES string of the molecule is CC[C@@H](NC(=O)COc1ccc(C(C)C)cc1)c1ccc2c(c1)CCCC2. The van der Waals surface area contributed by atoms with E-state index in [1.165, 1.54) is 41.5 Å². The maximum absolute atomic E-state index is 12.4. The van der Waals surface area contributed by atoms with Gasteiger partial charge < -0.3 is 10.1 Å². The highest BCUT2D eigenvalue weighted by molar-refractivity contribution is 5.78. The lowest BCUT2D eigenvalue weighted by molar-refractivity contribution is -0.123. The lowest BCUT2D eigenvalue weighted by Crippen LogP contribution is -2.32. The van der Waals surface area contributed by atoms with Crippen LogP contribution in [0.15, 0.2) is 42.5 Å². The Morgan fingerprint density at radius 3 is 2.33 bits per heavy atom. The predicted octanol–water partition coefficient (Wildman–Crippen LogP) is 5.34. The Morgan fingerprint density at radius 2 is 1.67 bits per heavy atom. The highest BCUT2D eigenvalue weighted by Gasteiger charge is 2.16. The number of ether oxygens (including phenoxy) is 1. The number of carbonyl (C=O) groups is 1. The quantitative estimate of drug-likeness (QED) is 0.720. The number of nitrogens with one attached hydrogen (secondary N) is 1. The zero-order valence-corrected chi connectivity index (χ0v) is 16.8. The van der Waals surface area contributed by atoms with Crippen LogP contribution in [0.25, 0.3) is 0 Å². The van der Waals surface area contributed by atoms with E-state index in [4.69, 9.17) is 4.74 Å². The zero-order valence-electron chi connectivity index (χ0n) is 16.8. The summed E-state index contributed by atoms with van der Waals surface area (Å²) in [5.41, 5.74) is 5.39. The van der Waals surface area contributed by atoms with E-state index in [0.717, 1.165) is 18.6 Å². The second kappa shape index (κ2) is 9.07. The van der Waals surface area contributed by atoms with Crippen molar-refractivity contribution in [1.82, 2.24) is 5.32 Å². The van der Waals surface area contributed by atoms with Gasteiger partial charge in [-0.25, -0.2) is 0 Å². The van der Waals surface area contributed by atoms with Crippen molar-refractivity contribution in [2.24, 2.45) is 0 Å². The molecular formula is C24H31NO2. The van der Waals surface area contributed by atoms with E-state index in [2.05, 4.69) is 56.4 Å². The minimum Gasteiger partial charge on any atom is -0.484 e. The number of hydrogen-bond donors (Lipinski definition) is 1. The second-order valence-electron chi connectivity index (χ2n) is 7.78. The highest BCUT2D eigenvalue weighted by Crippen LogP contribution is 2.26. The molecule has 1 aliphatic carbocycles. The van der Waals surface area contributed by atoms with Crippen LogP contribution in [0.3, 0.4) is 0 Å². The molecule has 27 heavy (non-hydrogen) atoms. The van der Waals surface area contributed by atoms with E-state index in [-0.39, 0.29) is 18.6 Å². The standard InChI is InChI=1S/C24H31NO2/c1-4-23(21-10-9-19-7-5-6-8-20(19)15-21)25-24(26)16-27-22-13-11-18(12-14-22)17(2)3/h9-15,17,23H,4-8,16H2,1-3H3,(H,25,26)/t23-/m1/s1. The highest BCUT2D eigenvalue weighted by atomic mass is 16.5. The number of aryl methyl sites for hydroxylation is 2. The molecule has 1 aliphatic rings. The van der Waals surface area contributed by atoms with Gasteiger partial charge in [0.25, 0.3) is 5.91 Å². The molecule has 0 unspecified atom stereocenters. The van der Waals surface area contributed by atoms with Crippen LogP contribution in [0.2, 0.25) is 0 Å². The van der Waals surface area contributed by atoms with Gasteiger partial charge in [-0.3, -0.25) is 4.79 Å². The van der Waals surface area contributed by atoms with Gasteiger partial charge in [0.15, 0.2) is 6.61 Å². The third kappa shape index (κ3) is 5.12. The van der Waals surface area contributed by atoms with Gasteiger partial charge in [-0.15, -0.1) is 0 Å². The Balaban J connectivity index is 1.57. The number of amides is 1. The minimum atomic E-state index is -0.0764. The van der Waals surface area contributed by atoms with Crippen molar-refractivity contribution >= 4 is 5.91 Å². The molecule has 0 bridgehead atoms. The van der Waals surface area contributed by atoms with Crippen LogP contribution in [0.5, 0.6) is 5.75 Å². The summed E-state index contributed by atoms with van der Waals surface area (Å²) in [6.07, 6.45) is 5.76. The molecule has 2 aromatic carbocycles. The van der Waals surface area contributed by atoms with Crippen molar-refractivity contribution in [3.63, 3.8) is 0 Å². The molecule has 0 spiro atoms. The Kier molecular flexibility index (Phi) is 6.54. The summed E-state index contributed by atoms with van der Waals surface area (Å²) in [5, 5.41) is 3.13. The van der Waals surface area contributed by atoms with Crippen molar-refractivity contribution in [2.45, 2.75) is 64.8 Å². The van der Waals surface area contributed by atoms with Crippen molar-refractivity contribution in [2.75, 3.05) is 6.61 Å². The van der Waals surface area contributed by atoms with Crippen molar-refractivity contribution in [3.8, 4) is 5.75 Å².